The first-order valence-electron chi connectivity index (χ1n) is 7.51. The Morgan fingerprint density at radius 1 is 1.32 bits per heavy atom. The van der Waals surface area contributed by atoms with Crippen molar-refractivity contribution in [3.05, 3.63) is 10.6 Å². The molecule has 1 saturated heterocycles. The normalized spacial score (nSPS) is 26.3. The molecule has 19 heavy (non-hydrogen) atoms. The molecule has 1 N–H and O–H groups in total. The van der Waals surface area contributed by atoms with Gasteiger partial charge in [-0.3, -0.25) is 0 Å². The highest BCUT2D eigenvalue weighted by Crippen LogP contribution is 2.39. The van der Waals surface area contributed by atoms with Crippen molar-refractivity contribution in [3.8, 4) is 0 Å². The minimum Gasteiger partial charge on any atom is -0.348 e. The van der Waals surface area contributed by atoms with Crippen LogP contribution in [0.2, 0.25) is 0 Å². The molecule has 4 heteroatoms. The molecule has 1 atom stereocenters. The summed E-state index contributed by atoms with van der Waals surface area (Å²) in [6.07, 6.45) is 6.33. The average molecular weight is 279 g/mol. The molecule has 1 aromatic heterocycles. The number of aromatic nitrogens is 1. The summed E-state index contributed by atoms with van der Waals surface area (Å²) in [6.45, 7) is 7.11. The number of anilines is 1. The van der Waals surface area contributed by atoms with Gasteiger partial charge >= 0.3 is 0 Å². The molecule has 1 unspecified atom stereocenters. The number of fused-ring (bicyclic) bond motifs is 1. The van der Waals surface area contributed by atoms with Crippen molar-refractivity contribution in [3.63, 3.8) is 0 Å². The fourth-order valence-corrected chi connectivity index (χ4v) is 4.34. The lowest BCUT2D eigenvalue weighted by molar-refractivity contribution is 0.279. The van der Waals surface area contributed by atoms with Crippen molar-refractivity contribution < 1.29 is 0 Å². The van der Waals surface area contributed by atoms with Crippen LogP contribution < -0.4 is 10.2 Å². The zero-order valence-corrected chi connectivity index (χ0v) is 13.1. The topological polar surface area (TPSA) is 28.2 Å². The average Bonchev–Trinajstić information content (AvgIpc) is 2.82. The van der Waals surface area contributed by atoms with E-state index in [1.54, 1.807) is 0 Å². The third-order valence-electron chi connectivity index (χ3n) is 4.68. The summed E-state index contributed by atoms with van der Waals surface area (Å²) in [5, 5.41) is 4.68. The van der Waals surface area contributed by atoms with Crippen molar-refractivity contribution in [2.75, 3.05) is 25.0 Å². The zero-order valence-electron chi connectivity index (χ0n) is 12.3. The van der Waals surface area contributed by atoms with E-state index in [9.17, 15) is 0 Å². The van der Waals surface area contributed by atoms with E-state index >= 15 is 0 Å². The fraction of sp³-hybridized carbons (Fsp3) is 0.800. The number of hydrogen-bond acceptors (Lipinski definition) is 4. The molecule has 2 aliphatic rings. The molecule has 0 spiro atoms. The zero-order chi connectivity index (χ0) is 13.5. The van der Waals surface area contributed by atoms with Gasteiger partial charge in [-0.25, -0.2) is 4.98 Å². The SMILES string of the molecule is CNC1CCCc2sc(N3CCC(C)(C)CC3)nc21. The van der Waals surface area contributed by atoms with Crippen LogP contribution in [0.4, 0.5) is 5.13 Å². The first kappa shape index (κ1) is 13.4. The van der Waals surface area contributed by atoms with Gasteiger partial charge in [0.25, 0.3) is 0 Å². The van der Waals surface area contributed by atoms with Crippen molar-refractivity contribution in [1.29, 1.82) is 0 Å². The van der Waals surface area contributed by atoms with Gasteiger partial charge in [0, 0.05) is 18.0 Å². The fourth-order valence-electron chi connectivity index (χ4n) is 3.13. The van der Waals surface area contributed by atoms with Crippen molar-refractivity contribution in [2.24, 2.45) is 5.41 Å². The molecule has 106 valence electrons. The lowest BCUT2D eigenvalue weighted by Crippen LogP contribution is -2.37. The summed E-state index contributed by atoms with van der Waals surface area (Å²) in [6, 6.07) is 0.481. The smallest absolute Gasteiger partial charge is 0.185 e. The standard InChI is InChI=1S/C15H25N3S/c1-15(2)7-9-18(10-8-15)14-17-13-11(16-3)5-4-6-12(13)19-14/h11,16H,4-10H2,1-3H3. The van der Waals surface area contributed by atoms with E-state index in [1.165, 1.54) is 60.9 Å². The molecule has 0 aromatic carbocycles. The van der Waals surface area contributed by atoms with Crippen LogP contribution in [0.5, 0.6) is 0 Å². The summed E-state index contributed by atoms with van der Waals surface area (Å²) in [4.78, 5) is 8.98. The van der Waals surface area contributed by atoms with Gasteiger partial charge in [0.1, 0.15) is 0 Å². The van der Waals surface area contributed by atoms with Gasteiger partial charge in [-0.15, -0.1) is 11.3 Å². The highest BCUT2D eigenvalue weighted by Gasteiger charge is 2.29. The number of piperidine rings is 1. The summed E-state index contributed by atoms with van der Waals surface area (Å²) >= 11 is 1.94. The van der Waals surface area contributed by atoms with Crippen LogP contribution in [0.1, 0.15) is 56.1 Å². The lowest BCUT2D eigenvalue weighted by atomic mass is 9.83. The van der Waals surface area contributed by atoms with Crippen LogP contribution >= 0.6 is 11.3 Å². The van der Waals surface area contributed by atoms with E-state index in [1.807, 2.05) is 11.3 Å². The molecule has 3 nitrogen and oxygen atoms in total. The molecular weight excluding hydrogens is 254 g/mol. The van der Waals surface area contributed by atoms with Gasteiger partial charge in [0.2, 0.25) is 0 Å². The van der Waals surface area contributed by atoms with Crippen LogP contribution in [0.3, 0.4) is 0 Å². The Hall–Kier alpha value is -0.610. The second kappa shape index (κ2) is 5.06. The summed E-state index contributed by atoms with van der Waals surface area (Å²) in [7, 11) is 2.06. The highest BCUT2D eigenvalue weighted by atomic mass is 32.1. The number of nitrogens with one attached hydrogen (secondary N) is 1. The van der Waals surface area contributed by atoms with Gasteiger partial charge in [0.15, 0.2) is 5.13 Å². The van der Waals surface area contributed by atoms with E-state index in [0.29, 0.717) is 11.5 Å². The minimum atomic E-state index is 0.481. The molecule has 0 radical (unpaired) electrons. The summed E-state index contributed by atoms with van der Waals surface area (Å²) in [5.74, 6) is 0. The van der Waals surface area contributed by atoms with E-state index in [4.69, 9.17) is 4.98 Å². The predicted molar refractivity (Wildman–Crippen MR) is 82.1 cm³/mol. The van der Waals surface area contributed by atoms with E-state index in [2.05, 4.69) is 31.1 Å². The lowest BCUT2D eigenvalue weighted by Gasteiger charge is -2.36. The number of thiazole rings is 1. The van der Waals surface area contributed by atoms with Crippen LogP contribution in [0, 0.1) is 5.41 Å². The van der Waals surface area contributed by atoms with E-state index < -0.39 is 0 Å². The Kier molecular flexibility index (Phi) is 3.56. The Bertz CT molecular complexity index is 442. The van der Waals surface area contributed by atoms with Gasteiger partial charge in [-0.05, 0) is 44.6 Å². The number of rotatable bonds is 2. The monoisotopic (exact) mass is 279 g/mol. The predicted octanol–water partition coefficient (Wildman–Crippen LogP) is 3.37. The molecule has 1 aromatic rings. The summed E-state index contributed by atoms with van der Waals surface area (Å²) in [5.41, 5.74) is 1.85. The molecule has 0 bridgehead atoms. The van der Waals surface area contributed by atoms with Gasteiger partial charge in [-0.1, -0.05) is 13.8 Å². The Balaban J connectivity index is 1.78. The van der Waals surface area contributed by atoms with Crippen LogP contribution in [-0.4, -0.2) is 25.1 Å². The van der Waals surface area contributed by atoms with Gasteiger partial charge < -0.3 is 10.2 Å². The third-order valence-corrected chi connectivity index (χ3v) is 5.87. The number of aryl methyl sites for hydroxylation is 1. The van der Waals surface area contributed by atoms with Gasteiger partial charge in [0.05, 0.1) is 11.7 Å². The molecule has 1 fully saturated rings. The third kappa shape index (κ3) is 2.65. The second-order valence-electron chi connectivity index (χ2n) is 6.69. The molecule has 0 amide bonds. The quantitative estimate of drug-likeness (QED) is 0.899. The first-order valence-corrected chi connectivity index (χ1v) is 8.32. The van der Waals surface area contributed by atoms with Gasteiger partial charge in [-0.2, -0.15) is 0 Å². The molecule has 1 aliphatic heterocycles. The number of hydrogen-bond donors (Lipinski definition) is 1. The van der Waals surface area contributed by atoms with Crippen molar-refractivity contribution >= 4 is 16.5 Å². The number of nitrogens with zero attached hydrogens (tertiary/aromatic N) is 2. The maximum Gasteiger partial charge on any atom is 0.185 e. The van der Waals surface area contributed by atoms with Crippen LogP contribution in [-0.2, 0) is 6.42 Å². The Morgan fingerprint density at radius 3 is 2.74 bits per heavy atom. The molecule has 2 heterocycles. The molecule has 3 rings (SSSR count). The highest BCUT2D eigenvalue weighted by molar-refractivity contribution is 7.15. The molecule has 1 aliphatic carbocycles. The molecule has 0 saturated carbocycles. The first-order chi connectivity index (χ1) is 9.09. The van der Waals surface area contributed by atoms with Crippen LogP contribution in [0.25, 0.3) is 0 Å². The maximum atomic E-state index is 4.96. The maximum absolute atomic E-state index is 4.96. The molecular formula is C15H25N3S. The van der Waals surface area contributed by atoms with E-state index in [-0.39, 0.29) is 0 Å². The van der Waals surface area contributed by atoms with Crippen molar-refractivity contribution in [2.45, 2.75) is 52.0 Å². The Labute approximate surface area is 120 Å². The summed E-state index contributed by atoms with van der Waals surface area (Å²) < 4.78 is 0. The largest absolute Gasteiger partial charge is 0.348 e. The minimum absolute atomic E-state index is 0.481. The second-order valence-corrected chi connectivity index (χ2v) is 7.75. The van der Waals surface area contributed by atoms with E-state index in [0.717, 1.165) is 0 Å². The van der Waals surface area contributed by atoms with Crippen LogP contribution in [0.15, 0.2) is 0 Å². The van der Waals surface area contributed by atoms with Crippen molar-refractivity contribution in [1.82, 2.24) is 10.3 Å². The Morgan fingerprint density at radius 2 is 2.05 bits per heavy atom.